The van der Waals surface area contributed by atoms with E-state index in [9.17, 15) is 13.0 Å². The molecule has 2 aliphatic heterocycles. The minimum absolute atomic E-state index is 0.0815. The molecule has 2 aliphatic rings. The van der Waals surface area contributed by atoms with E-state index in [0.29, 0.717) is 12.6 Å². The molecule has 6 nitrogen and oxygen atoms in total. The zero-order valence-electron chi connectivity index (χ0n) is 17.6. The van der Waals surface area contributed by atoms with Gasteiger partial charge in [0.05, 0.1) is 18.1 Å². The Labute approximate surface area is 184 Å². The van der Waals surface area contributed by atoms with Crippen LogP contribution in [0.3, 0.4) is 0 Å². The summed E-state index contributed by atoms with van der Waals surface area (Å²) in [6.07, 6.45) is 0.989. The van der Waals surface area contributed by atoms with Crippen LogP contribution in [0.25, 0.3) is 0 Å². The van der Waals surface area contributed by atoms with Crippen molar-refractivity contribution < 1.29 is 13.0 Å². The molecule has 2 aromatic rings. The van der Waals surface area contributed by atoms with Gasteiger partial charge in [-0.25, -0.2) is 0 Å². The Balaban J connectivity index is 1.37. The van der Waals surface area contributed by atoms with Gasteiger partial charge in [-0.2, -0.15) is 8.42 Å². The SMILES string of the molecule is CC(c1ccc(S(=O)(=O)O)cc1)N1CN=C2CCN(CC#Cc3ccccc3)CC2C1. The number of nitrogens with zero attached hydrogens (tertiary/aromatic N) is 3. The average molecular weight is 438 g/mol. The fourth-order valence-corrected chi connectivity index (χ4v) is 4.69. The van der Waals surface area contributed by atoms with Crippen molar-refractivity contribution in [3.63, 3.8) is 0 Å². The number of benzene rings is 2. The normalized spacial score (nSPS) is 20.8. The smallest absolute Gasteiger partial charge is 0.291 e. The molecule has 0 saturated carbocycles. The quantitative estimate of drug-likeness (QED) is 0.588. The van der Waals surface area contributed by atoms with Gasteiger partial charge >= 0.3 is 0 Å². The Morgan fingerprint density at radius 2 is 1.87 bits per heavy atom. The molecule has 2 heterocycles. The highest BCUT2D eigenvalue weighted by atomic mass is 32.2. The van der Waals surface area contributed by atoms with Gasteiger partial charge in [0.1, 0.15) is 0 Å². The second kappa shape index (κ2) is 9.33. The number of fused-ring (bicyclic) bond motifs is 1. The van der Waals surface area contributed by atoms with Crippen molar-refractivity contribution in [3.05, 3.63) is 65.7 Å². The van der Waals surface area contributed by atoms with E-state index in [4.69, 9.17) is 4.99 Å². The average Bonchev–Trinajstić information content (AvgIpc) is 2.78. The van der Waals surface area contributed by atoms with Crippen LogP contribution < -0.4 is 0 Å². The molecule has 2 unspecified atom stereocenters. The summed E-state index contributed by atoms with van der Waals surface area (Å²) in [5.41, 5.74) is 3.35. The van der Waals surface area contributed by atoms with Crippen LogP contribution in [0.2, 0.25) is 0 Å². The van der Waals surface area contributed by atoms with Crippen LogP contribution in [0.4, 0.5) is 0 Å². The lowest BCUT2D eigenvalue weighted by atomic mass is 9.92. The first-order valence-corrected chi connectivity index (χ1v) is 11.9. The van der Waals surface area contributed by atoms with Gasteiger partial charge in [-0.15, -0.1) is 0 Å². The lowest BCUT2D eigenvalue weighted by molar-refractivity contribution is 0.155. The monoisotopic (exact) mass is 437 g/mol. The highest BCUT2D eigenvalue weighted by Gasteiger charge is 2.31. The molecule has 2 atom stereocenters. The Morgan fingerprint density at radius 3 is 2.58 bits per heavy atom. The third-order valence-corrected chi connectivity index (χ3v) is 6.93. The number of aliphatic imine (C=N–C) groups is 1. The zero-order chi connectivity index (χ0) is 21.8. The molecule has 7 heteroatoms. The van der Waals surface area contributed by atoms with Crippen molar-refractivity contribution in [2.75, 3.05) is 32.8 Å². The predicted octanol–water partition coefficient (Wildman–Crippen LogP) is 3.08. The molecule has 0 bridgehead atoms. The van der Waals surface area contributed by atoms with Gasteiger partial charge in [-0.05, 0) is 43.2 Å². The molecule has 0 aliphatic carbocycles. The van der Waals surface area contributed by atoms with Crippen molar-refractivity contribution in [3.8, 4) is 11.8 Å². The molecular weight excluding hydrogens is 410 g/mol. The van der Waals surface area contributed by atoms with Gasteiger partial charge in [0, 0.05) is 42.9 Å². The zero-order valence-corrected chi connectivity index (χ0v) is 18.4. The first-order valence-electron chi connectivity index (χ1n) is 10.5. The van der Waals surface area contributed by atoms with E-state index in [2.05, 4.69) is 28.6 Å². The summed E-state index contributed by atoms with van der Waals surface area (Å²) in [5.74, 6) is 6.92. The summed E-state index contributed by atoms with van der Waals surface area (Å²) < 4.78 is 31.7. The Morgan fingerprint density at radius 1 is 1.13 bits per heavy atom. The molecule has 0 aromatic heterocycles. The second-order valence-electron chi connectivity index (χ2n) is 8.13. The highest BCUT2D eigenvalue weighted by Crippen LogP contribution is 2.27. The first kappa shape index (κ1) is 21.7. The van der Waals surface area contributed by atoms with E-state index in [1.807, 2.05) is 30.3 Å². The van der Waals surface area contributed by atoms with E-state index >= 15 is 0 Å². The predicted molar refractivity (Wildman–Crippen MR) is 122 cm³/mol. The topological polar surface area (TPSA) is 73.2 Å². The molecule has 0 radical (unpaired) electrons. The lowest BCUT2D eigenvalue weighted by Gasteiger charge is -2.41. The van der Waals surface area contributed by atoms with Crippen LogP contribution in [0.15, 0.2) is 64.5 Å². The second-order valence-corrected chi connectivity index (χ2v) is 9.55. The fourth-order valence-electron chi connectivity index (χ4n) is 4.21. The van der Waals surface area contributed by atoms with E-state index in [0.717, 1.165) is 43.7 Å². The summed E-state index contributed by atoms with van der Waals surface area (Å²) in [5, 5.41) is 0. The molecule has 31 heavy (non-hydrogen) atoms. The summed E-state index contributed by atoms with van der Waals surface area (Å²) in [7, 11) is -4.17. The van der Waals surface area contributed by atoms with E-state index < -0.39 is 10.1 Å². The Bertz CT molecular complexity index is 1100. The van der Waals surface area contributed by atoms with E-state index in [1.54, 1.807) is 12.1 Å². The summed E-state index contributed by atoms with van der Waals surface area (Å²) >= 11 is 0. The van der Waals surface area contributed by atoms with Crippen LogP contribution in [0, 0.1) is 17.8 Å². The summed E-state index contributed by atoms with van der Waals surface area (Å²) in [4.78, 5) is 9.47. The minimum Gasteiger partial charge on any atom is -0.291 e. The molecule has 1 saturated heterocycles. The molecule has 4 rings (SSSR count). The highest BCUT2D eigenvalue weighted by molar-refractivity contribution is 7.85. The number of hydrogen-bond acceptors (Lipinski definition) is 5. The Kier molecular flexibility index (Phi) is 6.54. The van der Waals surface area contributed by atoms with Crippen LogP contribution >= 0.6 is 0 Å². The third-order valence-electron chi connectivity index (χ3n) is 6.06. The van der Waals surface area contributed by atoms with Crippen LogP contribution in [0.1, 0.15) is 30.5 Å². The molecule has 0 spiro atoms. The number of rotatable bonds is 4. The van der Waals surface area contributed by atoms with Crippen molar-refractivity contribution in [1.29, 1.82) is 0 Å². The summed E-state index contributed by atoms with van der Waals surface area (Å²) in [6.45, 7) is 6.38. The van der Waals surface area contributed by atoms with Gasteiger partial charge in [0.2, 0.25) is 0 Å². The third kappa shape index (κ3) is 5.41. The number of piperidine rings is 1. The van der Waals surface area contributed by atoms with Crippen molar-refractivity contribution >= 4 is 15.8 Å². The molecule has 1 N–H and O–H groups in total. The maximum Gasteiger partial charge on any atom is 0.294 e. The van der Waals surface area contributed by atoms with Crippen molar-refractivity contribution in [1.82, 2.24) is 9.80 Å². The van der Waals surface area contributed by atoms with Gasteiger partial charge in [0.15, 0.2) is 0 Å². The minimum atomic E-state index is -4.17. The van der Waals surface area contributed by atoms with Gasteiger partial charge in [-0.1, -0.05) is 42.2 Å². The maximum absolute atomic E-state index is 11.3. The molecule has 1 fully saturated rings. The molecule has 0 amide bonds. The van der Waals surface area contributed by atoms with Gasteiger partial charge in [-0.3, -0.25) is 19.3 Å². The molecule has 2 aromatic carbocycles. The molecule has 162 valence electrons. The van der Waals surface area contributed by atoms with Crippen LogP contribution in [-0.2, 0) is 10.1 Å². The molecular formula is C24H27N3O3S. The maximum atomic E-state index is 11.3. The van der Waals surface area contributed by atoms with Crippen molar-refractivity contribution in [2.24, 2.45) is 10.9 Å². The van der Waals surface area contributed by atoms with E-state index in [1.165, 1.54) is 17.8 Å². The summed E-state index contributed by atoms with van der Waals surface area (Å²) in [6, 6.07) is 16.6. The standard InChI is InChI=1S/C24H27N3O3S/c1-19(21-9-11-23(12-10-21)31(28,29)30)27-17-22-16-26(15-13-24(22)25-18-27)14-5-8-20-6-3-2-4-7-20/h2-4,6-7,9-12,19,22H,13-18H2,1H3,(H,28,29,30). The first-order chi connectivity index (χ1) is 14.9. The van der Waals surface area contributed by atoms with E-state index in [-0.39, 0.29) is 10.9 Å². The van der Waals surface area contributed by atoms with Crippen LogP contribution in [0.5, 0.6) is 0 Å². The van der Waals surface area contributed by atoms with Gasteiger partial charge in [0.25, 0.3) is 10.1 Å². The number of likely N-dealkylation sites (tertiary alicyclic amines) is 1. The Hall–Kier alpha value is -2.50. The van der Waals surface area contributed by atoms with Crippen molar-refractivity contribution in [2.45, 2.75) is 24.3 Å². The van der Waals surface area contributed by atoms with Gasteiger partial charge < -0.3 is 0 Å². The largest absolute Gasteiger partial charge is 0.294 e. The lowest BCUT2D eigenvalue weighted by Crippen LogP contribution is -2.49. The number of hydrogen-bond donors (Lipinski definition) is 1. The fraction of sp³-hybridized carbons (Fsp3) is 0.375. The van der Waals surface area contributed by atoms with Crippen LogP contribution in [-0.4, -0.2) is 61.3 Å².